The summed E-state index contributed by atoms with van der Waals surface area (Å²) in [5.74, 6) is -0.131. The lowest BCUT2D eigenvalue weighted by molar-refractivity contribution is -0.385. The Bertz CT molecular complexity index is 872. The number of hydrogen-bond donors (Lipinski definition) is 0. The number of carbonyl (C=O) groups excluding carboxylic acids is 1. The Morgan fingerprint density at radius 1 is 1.21 bits per heavy atom. The van der Waals surface area contributed by atoms with Crippen LogP contribution in [-0.4, -0.2) is 23.9 Å². The molecule has 0 radical (unpaired) electrons. The van der Waals surface area contributed by atoms with Crippen LogP contribution in [0.15, 0.2) is 59.2 Å². The van der Waals surface area contributed by atoms with Crippen molar-refractivity contribution < 1.29 is 19.2 Å². The van der Waals surface area contributed by atoms with Crippen molar-refractivity contribution in [1.29, 1.82) is 0 Å². The minimum atomic E-state index is -0.654. The van der Waals surface area contributed by atoms with Gasteiger partial charge in [-0.3, -0.25) is 10.1 Å². The number of methoxy groups -OCH3 is 1. The zero-order valence-corrected chi connectivity index (χ0v) is 12.6. The summed E-state index contributed by atoms with van der Waals surface area (Å²) < 4.78 is 10.1. The van der Waals surface area contributed by atoms with Crippen molar-refractivity contribution in [1.82, 2.24) is 0 Å². The summed E-state index contributed by atoms with van der Waals surface area (Å²) in [5.41, 5.74) is 0.712. The molecule has 120 valence electrons. The van der Waals surface area contributed by atoms with E-state index < -0.39 is 10.9 Å². The molecule has 0 bridgehead atoms. The minimum Gasteiger partial charge on any atom is -0.497 e. The highest BCUT2D eigenvalue weighted by Crippen LogP contribution is 2.28. The molecule has 0 atom stereocenters. The van der Waals surface area contributed by atoms with Crippen LogP contribution in [0.25, 0.3) is 6.08 Å². The lowest BCUT2D eigenvalue weighted by atomic mass is 10.1. The molecule has 7 nitrogen and oxygen atoms in total. The van der Waals surface area contributed by atoms with Crippen molar-refractivity contribution in [2.24, 2.45) is 4.99 Å². The van der Waals surface area contributed by atoms with Gasteiger partial charge >= 0.3 is 5.97 Å². The van der Waals surface area contributed by atoms with E-state index in [1.54, 1.807) is 30.3 Å². The molecule has 24 heavy (non-hydrogen) atoms. The largest absolute Gasteiger partial charge is 0.497 e. The summed E-state index contributed by atoms with van der Waals surface area (Å²) in [4.78, 5) is 26.8. The summed E-state index contributed by atoms with van der Waals surface area (Å²) in [7, 11) is 1.42. The molecule has 0 amide bonds. The SMILES string of the molecule is COc1ccc(/C=C2/N=C(c3ccccc3)OC2=O)c([N+](=O)[O-])c1. The minimum absolute atomic E-state index is 0.00196. The Labute approximate surface area is 137 Å². The molecule has 1 aliphatic heterocycles. The first-order chi connectivity index (χ1) is 11.6. The van der Waals surface area contributed by atoms with Gasteiger partial charge in [0.15, 0.2) is 5.70 Å². The summed E-state index contributed by atoms with van der Waals surface area (Å²) in [5, 5.41) is 11.2. The van der Waals surface area contributed by atoms with Crippen LogP contribution in [-0.2, 0) is 9.53 Å². The summed E-state index contributed by atoms with van der Waals surface area (Å²) in [6.45, 7) is 0. The van der Waals surface area contributed by atoms with Gasteiger partial charge < -0.3 is 9.47 Å². The lowest BCUT2D eigenvalue weighted by Gasteiger charge is -2.02. The number of esters is 1. The van der Waals surface area contributed by atoms with Gasteiger partial charge in [-0.25, -0.2) is 9.79 Å². The fraction of sp³-hybridized carbons (Fsp3) is 0.0588. The van der Waals surface area contributed by atoms with Crippen LogP contribution in [0.1, 0.15) is 11.1 Å². The van der Waals surface area contributed by atoms with E-state index in [1.165, 1.54) is 25.3 Å². The van der Waals surface area contributed by atoms with Crippen LogP contribution in [0.5, 0.6) is 5.75 Å². The van der Waals surface area contributed by atoms with E-state index in [2.05, 4.69) is 4.99 Å². The number of carbonyl (C=O) groups is 1. The van der Waals surface area contributed by atoms with E-state index in [0.29, 0.717) is 11.3 Å². The number of nitro benzene ring substituents is 1. The molecular weight excluding hydrogens is 312 g/mol. The van der Waals surface area contributed by atoms with Gasteiger partial charge in [-0.15, -0.1) is 0 Å². The van der Waals surface area contributed by atoms with Gasteiger partial charge in [-0.2, -0.15) is 0 Å². The highest BCUT2D eigenvalue weighted by Gasteiger charge is 2.25. The summed E-state index contributed by atoms with van der Waals surface area (Å²) in [6.07, 6.45) is 1.33. The molecular formula is C17H12N2O5. The number of benzene rings is 2. The first-order valence-corrected chi connectivity index (χ1v) is 6.99. The van der Waals surface area contributed by atoms with Crippen LogP contribution >= 0.6 is 0 Å². The normalized spacial score (nSPS) is 15.1. The Hall–Kier alpha value is -3.48. The van der Waals surface area contributed by atoms with Gasteiger partial charge in [0.1, 0.15) is 5.75 Å². The molecule has 0 spiro atoms. The fourth-order valence-corrected chi connectivity index (χ4v) is 2.19. The van der Waals surface area contributed by atoms with E-state index in [4.69, 9.17) is 9.47 Å². The second kappa shape index (κ2) is 6.33. The summed E-state index contributed by atoms with van der Waals surface area (Å²) in [6, 6.07) is 13.3. The summed E-state index contributed by atoms with van der Waals surface area (Å²) >= 11 is 0. The second-order valence-corrected chi connectivity index (χ2v) is 4.88. The first-order valence-electron chi connectivity index (χ1n) is 6.99. The third kappa shape index (κ3) is 3.00. The van der Waals surface area contributed by atoms with E-state index in [0.717, 1.165) is 0 Å². The Morgan fingerprint density at radius 2 is 1.96 bits per heavy atom. The highest BCUT2D eigenvalue weighted by molar-refractivity contribution is 6.13. The Kier molecular flexibility index (Phi) is 4.07. The van der Waals surface area contributed by atoms with E-state index in [1.807, 2.05) is 6.07 Å². The molecule has 0 aromatic heterocycles. The maximum Gasteiger partial charge on any atom is 0.363 e. The third-order valence-corrected chi connectivity index (χ3v) is 3.37. The number of ether oxygens (including phenoxy) is 2. The van der Waals surface area contributed by atoms with E-state index in [-0.39, 0.29) is 22.8 Å². The van der Waals surface area contributed by atoms with Crippen molar-refractivity contribution >= 4 is 23.6 Å². The molecule has 3 rings (SSSR count). The Balaban J connectivity index is 2.01. The molecule has 0 fully saturated rings. The third-order valence-electron chi connectivity index (χ3n) is 3.37. The molecule has 0 aliphatic carbocycles. The molecule has 1 heterocycles. The van der Waals surface area contributed by atoms with Gasteiger partial charge in [-0.1, -0.05) is 18.2 Å². The monoisotopic (exact) mass is 324 g/mol. The smallest absolute Gasteiger partial charge is 0.363 e. The van der Waals surface area contributed by atoms with Gasteiger partial charge in [0.05, 0.1) is 23.7 Å². The maximum absolute atomic E-state index is 12.0. The molecule has 2 aromatic carbocycles. The number of rotatable bonds is 4. The van der Waals surface area contributed by atoms with Crippen LogP contribution in [0.2, 0.25) is 0 Å². The molecule has 0 saturated carbocycles. The average molecular weight is 324 g/mol. The highest BCUT2D eigenvalue weighted by atomic mass is 16.6. The zero-order chi connectivity index (χ0) is 17.1. The van der Waals surface area contributed by atoms with Crippen LogP contribution in [0.3, 0.4) is 0 Å². The lowest BCUT2D eigenvalue weighted by Crippen LogP contribution is -2.05. The molecule has 0 unspecified atom stereocenters. The van der Waals surface area contributed by atoms with Crippen molar-refractivity contribution in [3.63, 3.8) is 0 Å². The number of aliphatic imine (C=N–C) groups is 1. The topological polar surface area (TPSA) is 91.0 Å². The number of cyclic esters (lactones) is 1. The standard InChI is InChI=1S/C17H12N2O5/c1-23-13-8-7-12(15(10-13)19(21)22)9-14-17(20)24-16(18-14)11-5-3-2-4-6-11/h2-10H,1H3/b14-9+. The van der Waals surface area contributed by atoms with Gasteiger partial charge in [0.25, 0.3) is 5.69 Å². The predicted octanol–water partition coefficient (Wildman–Crippen LogP) is 2.95. The van der Waals surface area contributed by atoms with Crippen molar-refractivity contribution in [2.45, 2.75) is 0 Å². The molecule has 1 aliphatic rings. The van der Waals surface area contributed by atoms with Gasteiger partial charge in [-0.05, 0) is 30.3 Å². The van der Waals surface area contributed by atoms with Gasteiger partial charge in [0.2, 0.25) is 5.90 Å². The molecule has 2 aromatic rings. The second-order valence-electron chi connectivity index (χ2n) is 4.88. The zero-order valence-electron chi connectivity index (χ0n) is 12.6. The Morgan fingerprint density at radius 3 is 2.62 bits per heavy atom. The quantitative estimate of drug-likeness (QED) is 0.373. The van der Waals surface area contributed by atoms with Crippen molar-refractivity contribution in [3.8, 4) is 5.75 Å². The molecule has 7 heteroatoms. The molecule has 0 saturated heterocycles. The van der Waals surface area contributed by atoms with Crippen molar-refractivity contribution in [2.75, 3.05) is 7.11 Å². The maximum atomic E-state index is 12.0. The van der Waals surface area contributed by atoms with Crippen LogP contribution in [0.4, 0.5) is 5.69 Å². The van der Waals surface area contributed by atoms with Crippen LogP contribution in [0, 0.1) is 10.1 Å². The van der Waals surface area contributed by atoms with Crippen LogP contribution < -0.4 is 4.74 Å². The average Bonchev–Trinajstić information content (AvgIpc) is 2.96. The first kappa shape index (κ1) is 15.4. The fourth-order valence-electron chi connectivity index (χ4n) is 2.19. The molecule has 0 N–H and O–H groups in total. The number of nitrogens with zero attached hydrogens (tertiary/aromatic N) is 2. The van der Waals surface area contributed by atoms with E-state index in [9.17, 15) is 14.9 Å². The van der Waals surface area contributed by atoms with Crippen molar-refractivity contribution in [3.05, 3.63) is 75.5 Å². The number of nitro groups is 1. The van der Waals surface area contributed by atoms with E-state index >= 15 is 0 Å². The van der Waals surface area contributed by atoms with Gasteiger partial charge in [0, 0.05) is 5.56 Å². The number of hydrogen-bond acceptors (Lipinski definition) is 6. The predicted molar refractivity (Wildman–Crippen MR) is 86.7 cm³/mol.